The van der Waals surface area contributed by atoms with Gasteiger partial charge in [0.1, 0.15) is 0 Å². The summed E-state index contributed by atoms with van der Waals surface area (Å²) < 4.78 is 0. The van der Waals surface area contributed by atoms with Gasteiger partial charge in [-0.1, -0.05) is 0 Å². The van der Waals surface area contributed by atoms with Gasteiger partial charge >= 0.3 is 0 Å². The van der Waals surface area contributed by atoms with Crippen molar-refractivity contribution in [2.75, 3.05) is 0 Å². The maximum absolute atomic E-state index is 3.86. The number of hydrogen-bond acceptors (Lipinski definition) is 2. The van der Waals surface area contributed by atoms with E-state index in [1.807, 2.05) is 6.07 Å². The molecule has 0 fully saturated rings. The molecule has 0 aliphatic carbocycles. The smallest absolute Gasteiger partial charge is 0.0490 e. The molecule has 0 saturated heterocycles. The Kier molecular flexibility index (Phi) is 2.29. The van der Waals surface area contributed by atoms with Crippen LogP contribution in [-0.4, -0.2) is 15.7 Å². The third-order valence-corrected chi connectivity index (χ3v) is 1.37. The van der Waals surface area contributed by atoms with Gasteiger partial charge in [0, 0.05) is 24.0 Å². The van der Waals surface area contributed by atoms with Crippen LogP contribution < -0.4 is 5.32 Å². The highest BCUT2D eigenvalue weighted by atomic mass is 15.1. The molecule has 2 N–H and O–H groups in total. The van der Waals surface area contributed by atoms with Crippen molar-refractivity contribution in [2.45, 2.75) is 32.9 Å². The summed E-state index contributed by atoms with van der Waals surface area (Å²) in [4.78, 5) is 0. The Hall–Kier alpha value is -0.830. The van der Waals surface area contributed by atoms with Crippen LogP contribution in [0.1, 0.15) is 26.5 Å². The van der Waals surface area contributed by atoms with Crippen molar-refractivity contribution in [3.63, 3.8) is 0 Å². The lowest BCUT2D eigenvalue weighted by Crippen LogP contribution is -2.35. The van der Waals surface area contributed by atoms with Crippen molar-refractivity contribution in [3.05, 3.63) is 18.0 Å². The summed E-state index contributed by atoms with van der Waals surface area (Å²) in [5.41, 5.74) is 1.30. The average molecular weight is 153 g/mol. The monoisotopic (exact) mass is 153 g/mol. The van der Waals surface area contributed by atoms with Crippen molar-refractivity contribution in [1.82, 2.24) is 15.5 Å². The molecule has 0 saturated carbocycles. The molecule has 0 unspecified atom stereocenters. The van der Waals surface area contributed by atoms with Gasteiger partial charge in [0.05, 0.1) is 0 Å². The topological polar surface area (TPSA) is 40.7 Å². The summed E-state index contributed by atoms with van der Waals surface area (Å²) in [6, 6.07) is 1.97. The van der Waals surface area contributed by atoms with E-state index in [2.05, 4.69) is 36.3 Å². The van der Waals surface area contributed by atoms with Crippen molar-refractivity contribution < 1.29 is 0 Å². The Bertz CT molecular complexity index is 196. The Labute approximate surface area is 67.2 Å². The second kappa shape index (κ2) is 3.05. The summed E-state index contributed by atoms with van der Waals surface area (Å²) in [6.45, 7) is 7.28. The zero-order chi connectivity index (χ0) is 8.32. The van der Waals surface area contributed by atoms with Gasteiger partial charge in [-0.05, 0) is 26.8 Å². The third kappa shape index (κ3) is 3.18. The quantitative estimate of drug-likeness (QED) is 0.672. The molecule has 3 heteroatoms. The number of aromatic amines is 1. The fraction of sp³-hybridized carbons (Fsp3) is 0.625. The van der Waals surface area contributed by atoms with Gasteiger partial charge in [0.25, 0.3) is 0 Å². The van der Waals surface area contributed by atoms with Crippen LogP contribution in [0.2, 0.25) is 0 Å². The third-order valence-electron chi connectivity index (χ3n) is 1.37. The number of nitrogens with zero attached hydrogens (tertiary/aromatic N) is 1. The first kappa shape index (κ1) is 8.27. The maximum Gasteiger partial charge on any atom is 0.0490 e. The highest BCUT2D eigenvalue weighted by molar-refractivity contribution is 4.97. The number of hydrogen-bond donors (Lipinski definition) is 2. The lowest BCUT2D eigenvalue weighted by atomic mass is 10.1. The van der Waals surface area contributed by atoms with E-state index in [0.717, 1.165) is 12.2 Å². The van der Waals surface area contributed by atoms with Crippen molar-refractivity contribution in [3.8, 4) is 0 Å². The Balaban J connectivity index is 2.35. The molecule has 62 valence electrons. The minimum atomic E-state index is 0.172. The molecule has 1 aromatic rings. The van der Waals surface area contributed by atoms with Crippen molar-refractivity contribution in [2.24, 2.45) is 0 Å². The average Bonchev–Trinajstić information content (AvgIpc) is 2.32. The fourth-order valence-electron chi connectivity index (χ4n) is 0.744. The summed E-state index contributed by atoms with van der Waals surface area (Å²) >= 11 is 0. The second-order valence-electron chi connectivity index (χ2n) is 3.69. The number of aromatic nitrogens is 2. The molecule has 1 aromatic heterocycles. The highest BCUT2D eigenvalue weighted by Crippen LogP contribution is 2.00. The second-order valence-corrected chi connectivity index (χ2v) is 3.69. The largest absolute Gasteiger partial charge is 0.306 e. The molecule has 0 amide bonds. The lowest BCUT2D eigenvalue weighted by molar-refractivity contribution is 0.421. The summed E-state index contributed by atoms with van der Waals surface area (Å²) in [5.74, 6) is 0. The fourth-order valence-corrected chi connectivity index (χ4v) is 0.744. The minimum absolute atomic E-state index is 0.172. The van der Waals surface area contributed by atoms with Gasteiger partial charge in [0.15, 0.2) is 0 Å². The van der Waals surface area contributed by atoms with E-state index in [1.54, 1.807) is 6.20 Å². The van der Waals surface area contributed by atoms with E-state index in [4.69, 9.17) is 0 Å². The van der Waals surface area contributed by atoms with Crippen molar-refractivity contribution in [1.29, 1.82) is 0 Å². The minimum Gasteiger partial charge on any atom is -0.306 e. The van der Waals surface area contributed by atoms with Crippen LogP contribution in [0.3, 0.4) is 0 Å². The van der Waals surface area contributed by atoms with Crippen molar-refractivity contribution >= 4 is 0 Å². The SMILES string of the molecule is CC(C)(C)NCc1ccn[nH]1. The van der Waals surface area contributed by atoms with Crippen LogP contribution in [-0.2, 0) is 6.54 Å². The first-order valence-electron chi connectivity index (χ1n) is 3.81. The van der Waals surface area contributed by atoms with Crippen LogP contribution in [0.5, 0.6) is 0 Å². The molecular weight excluding hydrogens is 138 g/mol. The standard InChI is InChI=1S/C8H15N3/c1-8(2,3)9-6-7-4-5-10-11-7/h4-5,9H,6H2,1-3H3,(H,10,11). The normalized spacial score (nSPS) is 11.9. The molecule has 0 aliphatic heterocycles. The lowest BCUT2D eigenvalue weighted by Gasteiger charge is -2.19. The van der Waals surface area contributed by atoms with E-state index in [1.165, 1.54) is 0 Å². The number of rotatable bonds is 2. The molecule has 0 aromatic carbocycles. The van der Waals surface area contributed by atoms with Gasteiger partial charge in [-0.3, -0.25) is 5.10 Å². The van der Waals surface area contributed by atoms with Gasteiger partial charge in [-0.25, -0.2) is 0 Å². The van der Waals surface area contributed by atoms with Gasteiger partial charge in [-0.2, -0.15) is 5.10 Å². The van der Waals surface area contributed by atoms with E-state index >= 15 is 0 Å². The molecule has 1 heterocycles. The summed E-state index contributed by atoms with van der Waals surface area (Å²) in [5, 5.41) is 10.1. The molecule has 0 aliphatic rings. The van der Waals surface area contributed by atoms with Gasteiger partial charge in [-0.15, -0.1) is 0 Å². The van der Waals surface area contributed by atoms with Crippen LogP contribution in [0.4, 0.5) is 0 Å². The Morgan fingerprint density at radius 2 is 2.27 bits per heavy atom. The highest BCUT2D eigenvalue weighted by Gasteiger charge is 2.07. The molecule has 0 atom stereocenters. The Morgan fingerprint density at radius 3 is 2.73 bits per heavy atom. The first-order valence-corrected chi connectivity index (χ1v) is 3.81. The number of nitrogens with one attached hydrogen (secondary N) is 2. The molecule has 3 nitrogen and oxygen atoms in total. The van der Waals surface area contributed by atoms with E-state index in [0.29, 0.717) is 0 Å². The molecular formula is C8H15N3. The molecule has 0 bridgehead atoms. The van der Waals surface area contributed by atoms with E-state index in [-0.39, 0.29) is 5.54 Å². The van der Waals surface area contributed by atoms with Gasteiger partial charge < -0.3 is 5.32 Å². The molecule has 11 heavy (non-hydrogen) atoms. The molecule has 0 spiro atoms. The maximum atomic E-state index is 3.86. The van der Waals surface area contributed by atoms with E-state index < -0.39 is 0 Å². The zero-order valence-electron chi connectivity index (χ0n) is 7.31. The number of H-pyrrole nitrogens is 1. The van der Waals surface area contributed by atoms with Crippen LogP contribution in [0.25, 0.3) is 0 Å². The van der Waals surface area contributed by atoms with E-state index in [9.17, 15) is 0 Å². The first-order chi connectivity index (χ1) is 5.08. The van der Waals surface area contributed by atoms with Crippen LogP contribution in [0.15, 0.2) is 12.3 Å². The predicted molar refractivity (Wildman–Crippen MR) is 45.2 cm³/mol. The summed E-state index contributed by atoms with van der Waals surface area (Å²) in [6.07, 6.45) is 1.76. The molecule has 0 radical (unpaired) electrons. The predicted octanol–water partition coefficient (Wildman–Crippen LogP) is 1.30. The Morgan fingerprint density at radius 1 is 1.55 bits per heavy atom. The zero-order valence-corrected chi connectivity index (χ0v) is 7.31. The molecule has 1 rings (SSSR count). The van der Waals surface area contributed by atoms with Gasteiger partial charge in [0.2, 0.25) is 0 Å². The van der Waals surface area contributed by atoms with Crippen LogP contribution in [0, 0.1) is 0 Å². The van der Waals surface area contributed by atoms with Crippen LogP contribution >= 0.6 is 0 Å². The summed E-state index contributed by atoms with van der Waals surface area (Å²) in [7, 11) is 0.